The van der Waals surface area contributed by atoms with Crippen LogP contribution in [-0.2, 0) is 29.7 Å². The molecule has 0 aliphatic rings. The Morgan fingerprint density at radius 1 is 1.47 bits per heavy atom. The van der Waals surface area contributed by atoms with E-state index in [0.717, 1.165) is 23.3 Å². The molecular weight excluding hydrogens is 266 g/mol. The molecule has 7 heteroatoms. The van der Waals surface area contributed by atoms with Gasteiger partial charge in [0.15, 0.2) is 5.65 Å². The van der Waals surface area contributed by atoms with Gasteiger partial charge < -0.3 is 5.73 Å². The molecular formula is C12H18ClN5O. The number of nitrogens with zero attached hydrogens (tertiary/aromatic N) is 4. The summed E-state index contributed by atoms with van der Waals surface area (Å²) in [7, 11) is 1.83. The summed E-state index contributed by atoms with van der Waals surface area (Å²) in [5, 5.41) is 4.42. The maximum absolute atomic E-state index is 11.7. The topological polar surface area (TPSA) is 78.7 Å². The summed E-state index contributed by atoms with van der Waals surface area (Å²) in [5.74, 6) is 0.412. The van der Waals surface area contributed by atoms with Crippen molar-refractivity contribution in [3.63, 3.8) is 0 Å². The van der Waals surface area contributed by atoms with Crippen LogP contribution in [0.3, 0.4) is 0 Å². The number of hydrogen-bond donors (Lipinski definition) is 1. The van der Waals surface area contributed by atoms with Gasteiger partial charge in [-0.1, -0.05) is 6.92 Å². The van der Waals surface area contributed by atoms with Crippen LogP contribution in [0.25, 0.3) is 11.2 Å². The highest BCUT2D eigenvalue weighted by molar-refractivity contribution is 6.17. The Morgan fingerprint density at radius 3 is 2.58 bits per heavy atom. The third kappa shape index (κ3) is 1.90. The Bertz CT molecular complexity index is 640. The van der Waals surface area contributed by atoms with Gasteiger partial charge in [0.1, 0.15) is 16.9 Å². The molecule has 2 rings (SSSR count). The molecule has 2 heterocycles. The van der Waals surface area contributed by atoms with Gasteiger partial charge in [-0.05, 0) is 20.3 Å². The maximum atomic E-state index is 11.7. The normalized spacial score (nSPS) is 12.3. The Hall–Kier alpha value is -1.56. The lowest BCUT2D eigenvalue weighted by atomic mass is 10.0. The first-order valence-corrected chi connectivity index (χ1v) is 6.67. The molecule has 19 heavy (non-hydrogen) atoms. The van der Waals surface area contributed by atoms with E-state index >= 15 is 0 Å². The maximum Gasteiger partial charge on any atom is 0.243 e. The van der Waals surface area contributed by atoms with E-state index < -0.39 is 11.4 Å². The third-order valence-corrected chi connectivity index (χ3v) is 3.63. The molecule has 0 saturated carbocycles. The van der Waals surface area contributed by atoms with Crippen LogP contribution in [0.5, 0.6) is 0 Å². The van der Waals surface area contributed by atoms with E-state index in [2.05, 4.69) is 10.1 Å². The molecule has 2 aromatic heterocycles. The van der Waals surface area contributed by atoms with E-state index in [-0.39, 0.29) is 5.88 Å². The summed E-state index contributed by atoms with van der Waals surface area (Å²) in [6.07, 6.45) is 0.771. The molecule has 0 unspecified atom stereocenters. The number of aromatic nitrogens is 4. The number of nitrogens with two attached hydrogens (primary N) is 1. The van der Waals surface area contributed by atoms with Crippen LogP contribution in [0.15, 0.2) is 0 Å². The van der Waals surface area contributed by atoms with E-state index in [1.807, 2.05) is 14.0 Å². The lowest BCUT2D eigenvalue weighted by Crippen LogP contribution is -2.42. The van der Waals surface area contributed by atoms with E-state index in [1.165, 1.54) is 0 Å². The second-order valence-electron chi connectivity index (χ2n) is 5.02. The Labute approximate surface area is 116 Å². The minimum atomic E-state index is -0.905. The number of carbonyl (C=O) groups excluding carboxylic acids is 1. The molecule has 0 radical (unpaired) electrons. The minimum Gasteiger partial charge on any atom is -0.368 e. The lowest BCUT2D eigenvalue weighted by molar-refractivity contribution is -0.125. The number of fused-ring (bicyclic) bond motifs is 1. The molecule has 0 atom stereocenters. The van der Waals surface area contributed by atoms with Crippen LogP contribution in [0.2, 0.25) is 0 Å². The number of hydrogen-bond acceptors (Lipinski definition) is 3. The molecule has 0 spiro atoms. The van der Waals surface area contributed by atoms with Crippen LogP contribution < -0.4 is 5.73 Å². The second kappa shape index (κ2) is 4.52. The number of amides is 1. The predicted octanol–water partition coefficient (Wildman–Crippen LogP) is 1.29. The fraction of sp³-hybridized carbons (Fsp3) is 0.583. The van der Waals surface area contributed by atoms with Gasteiger partial charge >= 0.3 is 0 Å². The summed E-state index contributed by atoms with van der Waals surface area (Å²) >= 11 is 5.95. The summed E-state index contributed by atoms with van der Waals surface area (Å²) in [6.45, 7) is 5.52. The fourth-order valence-electron chi connectivity index (χ4n) is 2.25. The van der Waals surface area contributed by atoms with Crippen molar-refractivity contribution in [3.05, 3.63) is 11.5 Å². The van der Waals surface area contributed by atoms with Crippen molar-refractivity contribution in [2.24, 2.45) is 12.8 Å². The van der Waals surface area contributed by atoms with E-state index in [4.69, 9.17) is 17.3 Å². The van der Waals surface area contributed by atoms with Crippen molar-refractivity contribution in [1.82, 2.24) is 19.3 Å². The molecule has 1 amide bonds. The zero-order chi connectivity index (χ0) is 14.4. The van der Waals surface area contributed by atoms with Crippen molar-refractivity contribution < 1.29 is 4.79 Å². The number of imidazole rings is 1. The van der Waals surface area contributed by atoms with Crippen molar-refractivity contribution in [3.8, 4) is 0 Å². The Morgan fingerprint density at radius 2 is 2.11 bits per heavy atom. The molecule has 2 N–H and O–H groups in total. The van der Waals surface area contributed by atoms with Crippen molar-refractivity contribution in [2.75, 3.05) is 0 Å². The first kappa shape index (κ1) is 13.9. The average molecular weight is 284 g/mol. The SMILES string of the molecule is CCc1nn(C)c2c1nc(CCl)n2C(C)(C)C(N)=O. The first-order valence-electron chi connectivity index (χ1n) is 6.14. The molecule has 0 aliphatic carbocycles. The van der Waals surface area contributed by atoms with Gasteiger partial charge in [-0.3, -0.25) is 14.0 Å². The monoisotopic (exact) mass is 283 g/mol. The molecule has 2 aromatic rings. The largest absolute Gasteiger partial charge is 0.368 e. The van der Waals surface area contributed by atoms with Gasteiger partial charge in [0, 0.05) is 7.05 Å². The highest BCUT2D eigenvalue weighted by Crippen LogP contribution is 2.28. The Balaban J connectivity index is 2.85. The summed E-state index contributed by atoms with van der Waals surface area (Å²) in [6, 6.07) is 0. The van der Waals surface area contributed by atoms with Gasteiger partial charge in [0.2, 0.25) is 5.91 Å². The van der Waals surface area contributed by atoms with E-state index in [1.54, 1.807) is 23.1 Å². The molecule has 0 bridgehead atoms. The van der Waals surface area contributed by atoms with Crippen LogP contribution in [0, 0.1) is 0 Å². The smallest absolute Gasteiger partial charge is 0.243 e. The van der Waals surface area contributed by atoms with Gasteiger partial charge in [0.25, 0.3) is 0 Å². The van der Waals surface area contributed by atoms with Crippen molar-refractivity contribution in [2.45, 2.75) is 38.6 Å². The zero-order valence-electron chi connectivity index (χ0n) is 11.6. The molecule has 104 valence electrons. The number of alkyl halides is 1. The number of rotatable bonds is 4. The van der Waals surface area contributed by atoms with Gasteiger partial charge in [-0.2, -0.15) is 5.10 Å². The average Bonchev–Trinajstić information content (AvgIpc) is 2.87. The standard InChI is InChI=1S/C12H18ClN5O/c1-5-7-9-10(17(4)16-7)18(8(6-13)15-9)12(2,3)11(14)19/h5-6H2,1-4H3,(H2,14,19). The molecule has 0 fully saturated rings. The van der Waals surface area contributed by atoms with Crippen molar-refractivity contribution >= 4 is 28.7 Å². The number of carbonyl (C=O) groups is 1. The van der Waals surface area contributed by atoms with E-state index in [0.29, 0.717) is 5.82 Å². The molecule has 6 nitrogen and oxygen atoms in total. The number of aryl methyl sites for hydroxylation is 2. The lowest BCUT2D eigenvalue weighted by Gasteiger charge is -2.25. The predicted molar refractivity (Wildman–Crippen MR) is 74.0 cm³/mol. The van der Waals surface area contributed by atoms with Crippen LogP contribution in [-0.4, -0.2) is 25.2 Å². The van der Waals surface area contributed by atoms with Gasteiger partial charge in [-0.25, -0.2) is 4.98 Å². The van der Waals surface area contributed by atoms with Crippen LogP contribution in [0.4, 0.5) is 0 Å². The zero-order valence-corrected chi connectivity index (χ0v) is 12.3. The van der Waals surface area contributed by atoms with Crippen LogP contribution in [0.1, 0.15) is 32.3 Å². The number of halogens is 1. The molecule has 0 aliphatic heterocycles. The van der Waals surface area contributed by atoms with E-state index in [9.17, 15) is 4.79 Å². The highest BCUT2D eigenvalue weighted by atomic mass is 35.5. The Kier molecular flexibility index (Phi) is 3.30. The van der Waals surface area contributed by atoms with Gasteiger partial charge in [-0.15, -0.1) is 11.6 Å². The highest BCUT2D eigenvalue weighted by Gasteiger charge is 2.33. The summed E-state index contributed by atoms with van der Waals surface area (Å²) < 4.78 is 3.51. The van der Waals surface area contributed by atoms with Crippen LogP contribution >= 0.6 is 11.6 Å². The quantitative estimate of drug-likeness (QED) is 0.859. The second-order valence-corrected chi connectivity index (χ2v) is 5.28. The molecule has 0 aromatic carbocycles. The first-order chi connectivity index (χ1) is 8.84. The summed E-state index contributed by atoms with van der Waals surface area (Å²) in [4.78, 5) is 16.2. The van der Waals surface area contributed by atoms with Gasteiger partial charge in [0.05, 0.1) is 11.6 Å². The molecule has 0 saturated heterocycles. The number of primary amides is 1. The third-order valence-electron chi connectivity index (χ3n) is 3.39. The summed E-state index contributed by atoms with van der Waals surface area (Å²) in [5.41, 5.74) is 7.05. The fourth-order valence-corrected chi connectivity index (χ4v) is 2.43. The minimum absolute atomic E-state index is 0.217. The van der Waals surface area contributed by atoms with Crippen molar-refractivity contribution in [1.29, 1.82) is 0 Å².